The Morgan fingerprint density at radius 3 is 1.86 bits per heavy atom. The first-order valence-electron chi connectivity index (χ1n) is 11.3. The number of rotatable bonds is 6. The average Bonchev–Trinajstić information content (AvgIpc) is 2.89. The van der Waals surface area contributed by atoms with E-state index in [-0.39, 0.29) is 23.7 Å². The molecule has 4 aromatic carbocycles. The molecule has 0 bridgehead atoms. The number of non-ortho nitro benzene ring substituents is 1. The van der Waals surface area contributed by atoms with Crippen molar-refractivity contribution in [3.63, 3.8) is 0 Å². The highest BCUT2D eigenvalue weighted by atomic mass is 35.5. The number of benzene rings is 4. The summed E-state index contributed by atoms with van der Waals surface area (Å²) in [6, 6.07) is 29.1. The Morgan fingerprint density at radius 1 is 0.750 bits per heavy atom. The zero-order valence-corrected chi connectivity index (χ0v) is 20.6. The van der Waals surface area contributed by atoms with Crippen molar-refractivity contribution in [1.29, 1.82) is 0 Å². The van der Waals surface area contributed by atoms with Crippen LogP contribution in [0.15, 0.2) is 97.1 Å². The second-order valence-corrected chi connectivity index (χ2v) is 9.31. The fourth-order valence-electron chi connectivity index (χ4n) is 4.58. The van der Waals surface area contributed by atoms with Gasteiger partial charge in [0.15, 0.2) is 0 Å². The van der Waals surface area contributed by atoms with E-state index in [4.69, 9.17) is 23.2 Å². The minimum atomic E-state index is -0.645. The molecule has 36 heavy (non-hydrogen) atoms. The number of nitro groups is 1. The number of hydrogen-bond donors (Lipinski definition) is 0. The van der Waals surface area contributed by atoms with Gasteiger partial charge in [0, 0.05) is 40.8 Å². The van der Waals surface area contributed by atoms with Crippen LogP contribution in [0, 0.1) is 10.1 Å². The van der Waals surface area contributed by atoms with Gasteiger partial charge in [0.2, 0.25) is 0 Å². The van der Waals surface area contributed by atoms with Gasteiger partial charge in [-0.05, 0) is 29.3 Å². The number of nitrogens with zero attached hydrogens (tertiary/aromatic N) is 3. The van der Waals surface area contributed by atoms with E-state index in [0.717, 1.165) is 11.1 Å². The number of carbonyl (C=O) groups excluding carboxylic acids is 1. The third-order valence-corrected chi connectivity index (χ3v) is 6.89. The van der Waals surface area contributed by atoms with E-state index in [2.05, 4.69) is 0 Å². The van der Waals surface area contributed by atoms with Crippen molar-refractivity contribution in [2.24, 2.45) is 0 Å². The van der Waals surface area contributed by atoms with Crippen LogP contribution in [0.1, 0.15) is 33.2 Å². The molecule has 4 aromatic rings. The number of hydrogen-bond acceptors (Lipinski definition) is 4. The van der Waals surface area contributed by atoms with Crippen LogP contribution in [0.2, 0.25) is 10.0 Å². The van der Waals surface area contributed by atoms with Crippen LogP contribution in [-0.4, -0.2) is 15.7 Å². The monoisotopic (exact) mass is 517 g/mol. The van der Waals surface area contributed by atoms with Crippen LogP contribution in [0.3, 0.4) is 0 Å². The molecule has 0 radical (unpaired) electrons. The van der Waals surface area contributed by atoms with Crippen molar-refractivity contribution in [2.75, 3.05) is 4.90 Å². The Hall–Kier alpha value is -3.87. The van der Waals surface area contributed by atoms with Gasteiger partial charge in [-0.15, -0.1) is 0 Å². The fraction of sp³-hybridized carbons (Fsp3) is 0.107. The van der Waals surface area contributed by atoms with E-state index >= 15 is 0 Å². The number of anilines is 1. The minimum Gasteiger partial charge on any atom is -0.342 e. The number of carbonyl (C=O) groups is 1. The molecule has 0 spiro atoms. The first-order valence-corrected chi connectivity index (χ1v) is 12.1. The maximum Gasteiger partial charge on any atom is 0.270 e. The lowest BCUT2D eigenvalue weighted by atomic mass is 9.98. The predicted molar refractivity (Wildman–Crippen MR) is 141 cm³/mol. The van der Waals surface area contributed by atoms with Crippen LogP contribution >= 0.6 is 23.2 Å². The second-order valence-electron chi connectivity index (χ2n) is 8.50. The van der Waals surface area contributed by atoms with Gasteiger partial charge in [0.1, 0.15) is 6.17 Å². The Bertz CT molecular complexity index is 1410. The first kappa shape index (κ1) is 23.9. The highest BCUT2D eigenvalue weighted by Crippen LogP contribution is 2.45. The largest absolute Gasteiger partial charge is 0.342 e. The van der Waals surface area contributed by atoms with E-state index in [1.807, 2.05) is 65.6 Å². The van der Waals surface area contributed by atoms with Crippen LogP contribution in [0.25, 0.3) is 0 Å². The van der Waals surface area contributed by atoms with Crippen molar-refractivity contribution in [3.05, 3.63) is 139 Å². The normalized spacial score (nSPS) is 15.1. The number of halogens is 2. The second kappa shape index (κ2) is 10.0. The third kappa shape index (κ3) is 4.53. The highest BCUT2D eigenvalue weighted by molar-refractivity contribution is 6.36. The first-order chi connectivity index (χ1) is 17.4. The summed E-state index contributed by atoms with van der Waals surface area (Å²) in [5.74, 6) is -0.331. The van der Waals surface area contributed by atoms with E-state index in [9.17, 15) is 14.9 Å². The summed E-state index contributed by atoms with van der Waals surface area (Å²) in [5.41, 5.74) is 3.22. The van der Waals surface area contributed by atoms with Gasteiger partial charge in [-0.3, -0.25) is 14.9 Å². The summed E-state index contributed by atoms with van der Waals surface area (Å²) in [6.07, 6.45) is -0.645. The van der Waals surface area contributed by atoms with Gasteiger partial charge in [-0.1, -0.05) is 89.9 Å². The van der Waals surface area contributed by atoms with Gasteiger partial charge in [-0.25, -0.2) is 0 Å². The average molecular weight is 518 g/mol. The molecule has 1 amide bonds. The Kier molecular flexibility index (Phi) is 6.63. The summed E-state index contributed by atoms with van der Waals surface area (Å²) < 4.78 is 0. The molecule has 0 unspecified atom stereocenters. The third-order valence-electron chi connectivity index (χ3n) is 6.23. The van der Waals surface area contributed by atoms with Crippen molar-refractivity contribution in [2.45, 2.75) is 19.3 Å². The maximum absolute atomic E-state index is 14.0. The van der Waals surface area contributed by atoms with Crippen molar-refractivity contribution in [1.82, 2.24) is 4.90 Å². The molecule has 1 aliphatic heterocycles. The molecule has 180 valence electrons. The van der Waals surface area contributed by atoms with Gasteiger partial charge in [0.25, 0.3) is 11.6 Å². The molecule has 5 rings (SSSR count). The molecule has 0 saturated heterocycles. The summed E-state index contributed by atoms with van der Waals surface area (Å²) >= 11 is 13.4. The molecule has 0 N–H and O–H groups in total. The SMILES string of the molecule is O=C1c2cc([N+](=O)[O-])ccc2N(Cc2ccccc2)[C@H](c2c(Cl)cccc2Cl)N1Cc1ccccc1. The highest BCUT2D eigenvalue weighted by Gasteiger charge is 2.41. The topological polar surface area (TPSA) is 66.7 Å². The molecule has 0 aromatic heterocycles. The number of nitro benzene ring substituents is 1. The molecular formula is C28H21Cl2N3O3. The lowest BCUT2D eigenvalue weighted by Gasteiger charge is -2.46. The number of fused-ring (bicyclic) bond motifs is 1. The van der Waals surface area contributed by atoms with Crippen LogP contribution in [0.5, 0.6) is 0 Å². The van der Waals surface area contributed by atoms with Gasteiger partial charge in [0.05, 0.1) is 16.2 Å². The molecule has 1 heterocycles. The van der Waals surface area contributed by atoms with Gasteiger partial charge in [-0.2, -0.15) is 0 Å². The molecule has 6 nitrogen and oxygen atoms in total. The maximum atomic E-state index is 14.0. The van der Waals surface area contributed by atoms with Crippen LogP contribution < -0.4 is 4.90 Å². The van der Waals surface area contributed by atoms with Gasteiger partial charge >= 0.3 is 0 Å². The van der Waals surface area contributed by atoms with E-state index in [0.29, 0.717) is 27.8 Å². The molecule has 0 fully saturated rings. The van der Waals surface area contributed by atoms with E-state index < -0.39 is 11.1 Å². The van der Waals surface area contributed by atoms with Crippen LogP contribution in [-0.2, 0) is 13.1 Å². The zero-order valence-electron chi connectivity index (χ0n) is 19.1. The fourth-order valence-corrected chi connectivity index (χ4v) is 5.18. The van der Waals surface area contributed by atoms with Crippen molar-refractivity contribution >= 4 is 40.5 Å². The Morgan fingerprint density at radius 2 is 1.31 bits per heavy atom. The quantitative estimate of drug-likeness (QED) is 0.199. The van der Waals surface area contributed by atoms with E-state index in [1.165, 1.54) is 12.1 Å². The van der Waals surface area contributed by atoms with Crippen LogP contribution in [0.4, 0.5) is 11.4 Å². The van der Waals surface area contributed by atoms with Crippen molar-refractivity contribution < 1.29 is 9.72 Å². The Balaban J connectivity index is 1.74. The molecule has 1 aliphatic rings. The molecule has 8 heteroatoms. The zero-order chi connectivity index (χ0) is 25.2. The molecular weight excluding hydrogens is 497 g/mol. The smallest absolute Gasteiger partial charge is 0.270 e. The summed E-state index contributed by atoms with van der Waals surface area (Å²) in [6.45, 7) is 0.690. The summed E-state index contributed by atoms with van der Waals surface area (Å²) in [4.78, 5) is 28.8. The van der Waals surface area contributed by atoms with Gasteiger partial charge < -0.3 is 9.80 Å². The van der Waals surface area contributed by atoms with E-state index in [1.54, 1.807) is 29.2 Å². The Labute approximate surface area is 218 Å². The standard InChI is InChI=1S/C28H21Cl2N3O3/c29-23-12-7-13-24(30)26(23)27-31(17-19-8-3-1-4-9-19)25-15-14-21(33(35)36)16-22(25)28(34)32(27)18-20-10-5-2-6-11-20/h1-16,27H,17-18H2/t27-/m0/s1. The molecule has 0 aliphatic carbocycles. The molecule has 1 atom stereocenters. The lowest BCUT2D eigenvalue weighted by molar-refractivity contribution is -0.384. The minimum absolute atomic E-state index is 0.143. The lowest BCUT2D eigenvalue weighted by Crippen LogP contribution is -2.49. The van der Waals surface area contributed by atoms with Crippen molar-refractivity contribution in [3.8, 4) is 0 Å². The molecule has 0 saturated carbocycles. The summed E-state index contributed by atoms with van der Waals surface area (Å²) in [5, 5.41) is 12.4. The predicted octanol–water partition coefficient (Wildman–Crippen LogP) is 7.26. The summed E-state index contributed by atoms with van der Waals surface area (Å²) in [7, 11) is 0. The number of amides is 1.